The molecule has 0 bridgehead atoms. The molecule has 0 spiro atoms. The van der Waals surface area contributed by atoms with Crippen LogP contribution in [0, 0.1) is 0 Å². The fourth-order valence-electron chi connectivity index (χ4n) is 5.11. The van der Waals surface area contributed by atoms with Gasteiger partial charge in [0.1, 0.15) is 18.9 Å². The zero-order chi connectivity index (χ0) is 26.6. The van der Waals surface area contributed by atoms with E-state index < -0.39 is 5.97 Å². The number of aromatic carboxylic acids is 1. The topological polar surface area (TPSA) is 81.0 Å². The molecule has 3 aromatic carbocycles. The number of nitrogens with zero attached hydrogens (tertiary/aromatic N) is 2. The van der Waals surface area contributed by atoms with Gasteiger partial charge in [-0.05, 0) is 71.8 Å². The van der Waals surface area contributed by atoms with Gasteiger partial charge in [-0.2, -0.15) is 0 Å². The Morgan fingerprint density at radius 3 is 2.37 bits per heavy atom. The van der Waals surface area contributed by atoms with Gasteiger partial charge >= 0.3 is 5.97 Å². The Morgan fingerprint density at radius 1 is 1.00 bits per heavy atom. The molecule has 5 rings (SSSR count). The van der Waals surface area contributed by atoms with Gasteiger partial charge in [-0.1, -0.05) is 36.4 Å². The second-order valence-electron chi connectivity index (χ2n) is 9.86. The summed E-state index contributed by atoms with van der Waals surface area (Å²) < 4.78 is 13.6. The first-order valence-corrected chi connectivity index (χ1v) is 12.9. The van der Waals surface area contributed by atoms with E-state index >= 15 is 0 Å². The molecule has 4 aromatic rings. The molecule has 1 N–H and O–H groups in total. The molecule has 196 valence electrons. The maximum Gasteiger partial charge on any atom is 0.335 e. The van der Waals surface area contributed by atoms with E-state index in [1.807, 2.05) is 65.2 Å². The molecule has 7 nitrogen and oxygen atoms in total. The van der Waals surface area contributed by atoms with Crippen LogP contribution in [-0.2, 0) is 22.7 Å². The second kappa shape index (κ2) is 11.1. The maximum absolute atomic E-state index is 13.0. The molecule has 38 heavy (non-hydrogen) atoms. The van der Waals surface area contributed by atoms with Crippen molar-refractivity contribution in [1.82, 2.24) is 9.47 Å². The van der Waals surface area contributed by atoms with Crippen LogP contribution in [0.2, 0.25) is 0 Å². The van der Waals surface area contributed by atoms with Gasteiger partial charge in [0, 0.05) is 32.7 Å². The van der Waals surface area contributed by atoms with Crippen molar-refractivity contribution < 1.29 is 24.2 Å². The lowest BCUT2D eigenvalue weighted by atomic mass is 9.87. The average molecular weight is 513 g/mol. The summed E-state index contributed by atoms with van der Waals surface area (Å²) in [5.74, 6) is -0.0649. The van der Waals surface area contributed by atoms with Crippen LogP contribution in [0.4, 0.5) is 0 Å². The highest BCUT2D eigenvalue weighted by Crippen LogP contribution is 2.42. The molecule has 0 aliphatic carbocycles. The van der Waals surface area contributed by atoms with E-state index in [2.05, 4.69) is 0 Å². The molecular weight excluding hydrogens is 480 g/mol. The number of rotatable bonds is 8. The summed E-state index contributed by atoms with van der Waals surface area (Å²) in [6, 6.07) is 23.2. The molecule has 7 heteroatoms. The monoisotopic (exact) mass is 512 g/mol. The molecular formula is C31H32N2O5. The predicted octanol–water partition coefficient (Wildman–Crippen LogP) is 5.57. The van der Waals surface area contributed by atoms with Crippen molar-refractivity contribution in [3.05, 3.63) is 89.5 Å². The minimum atomic E-state index is -0.993. The number of hydrogen-bond donors (Lipinski definition) is 1. The number of carbonyl (C=O) groups is 2. The van der Waals surface area contributed by atoms with E-state index in [0.717, 1.165) is 51.9 Å². The smallest absolute Gasteiger partial charge is 0.335 e. The Kier molecular flexibility index (Phi) is 7.47. The van der Waals surface area contributed by atoms with Crippen LogP contribution in [0.5, 0.6) is 5.75 Å². The number of aromatic nitrogens is 1. The maximum atomic E-state index is 13.0. The van der Waals surface area contributed by atoms with E-state index in [-0.39, 0.29) is 23.9 Å². The fourth-order valence-corrected chi connectivity index (χ4v) is 5.11. The Hall–Kier alpha value is -4.10. The van der Waals surface area contributed by atoms with Crippen molar-refractivity contribution >= 4 is 22.8 Å². The molecule has 1 fully saturated rings. The van der Waals surface area contributed by atoms with E-state index in [1.54, 1.807) is 31.1 Å². The van der Waals surface area contributed by atoms with Crippen LogP contribution in [0.3, 0.4) is 0 Å². The third-order valence-corrected chi connectivity index (χ3v) is 7.15. The van der Waals surface area contributed by atoms with Crippen molar-refractivity contribution in [3.63, 3.8) is 0 Å². The van der Waals surface area contributed by atoms with Crippen molar-refractivity contribution in [2.45, 2.75) is 31.9 Å². The van der Waals surface area contributed by atoms with E-state index in [1.165, 1.54) is 0 Å². The summed E-state index contributed by atoms with van der Waals surface area (Å²) in [4.78, 5) is 26.4. The van der Waals surface area contributed by atoms with Gasteiger partial charge in [-0.25, -0.2) is 4.79 Å². The lowest BCUT2D eigenvalue weighted by Gasteiger charge is -2.24. The van der Waals surface area contributed by atoms with Crippen LogP contribution >= 0.6 is 0 Å². The third kappa shape index (κ3) is 5.29. The molecule has 1 amide bonds. The second-order valence-corrected chi connectivity index (χ2v) is 9.86. The SMILES string of the molecule is CN(C)C(=O)Cn1c(-c2ccc(OCc3ccccc3)cc2)c(C2CCOCC2)c2ccc(C(=O)O)cc21. The van der Waals surface area contributed by atoms with Crippen LogP contribution in [0.1, 0.15) is 40.2 Å². The number of carbonyl (C=O) groups excluding carboxylic acids is 1. The molecule has 1 aliphatic heterocycles. The Bertz CT molecular complexity index is 1430. The van der Waals surface area contributed by atoms with Crippen molar-refractivity contribution in [1.29, 1.82) is 0 Å². The molecule has 0 saturated carbocycles. The number of hydrogen-bond acceptors (Lipinski definition) is 4. The van der Waals surface area contributed by atoms with Gasteiger partial charge in [-0.15, -0.1) is 0 Å². The van der Waals surface area contributed by atoms with E-state index in [0.29, 0.717) is 19.8 Å². The van der Waals surface area contributed by atoms with Gasteiger partial charge in [-0.3, -0.25) is 4.79 Å². The highest BCUT2D eigenvalue weighted by molar-refractivity contribution is 5.99. The molecule has 1 saturated heterocycles. The molecule has 1 aromatic heterocycles. The molecule has 1 aliphatic rings. The Labute approximate surface area is 222 Å². The van der Waals surface area contributed by atoms with Gasteiger partial charge in [0.2, 0.25) is 5.91 Å². The zero-order valence-electron chi connectivity index (χ0n) is 21.7. The normalized spacial score (nSPS) is 13.9. The lowest BCUT2D eigenvalue weighted by molar-refractivity contribution is -0.129. The highest BCUT2D eigenvalue weighted by atomic mass is 16.5. The van der Waals surface area contributed by atoms with Crippen molar-refractivity contribution in [2.75, 3.05) is 27.3 Å². The average Bonchev–Trinajstić information content (AvgIpc) is 3.26. The van der Waals surface area contributed by atoms with Gasteiger partial charge in [0.15, 0.2) is 0 Å². The summed E-state index contributed by atoms with van der Waals surface area (Å²) in [5, 5.41) is 10.7. The van der Waals surface area contributed by atoms with Crippen LogP contribution in [0.25, 0.3) is 22.2 Å². The molecule has 0 unspecified atom stereocenters. The van der Waals surface area contributed by atoms with Gasteiger partial charge in [0.25, 0.3) is 0 Å². The first kappa shape index (κ1) is 25.5. The number of ether oxygens (including phenoxy) is 2. The molecule has 0 radical (unpaired) electrons. The van der Waals surface area contributed by atoms with E-state index in [4.69, 9.17) is 9.47 Å². The molecule has 2 heterocycles. The zero-order valence-corrected chi connectivity index (χ0v) is 21.7. The van der Waals surface area contributed by atoms with Crippen LogP contribution < -0.4 is 4.74 Å². The first-order chi connectivity index (χ1) is 18.4. The van der Waals surface area contributed by atoms with Gasteiger partial charge < -0.3 is 24.0 Å². The summed E-state index contributed by atoms with van der Waals surface area (Å²) in [7, 11) is 3.46. The number of carboxylic acids is 1. The number of benzene rings is 3. The third-order valence-electron chi connectivity index (χ3n) is 7.15. The Balaban J connectivity index is 1.62. The Morgan fingerprint density at radius 2 is 1.71 bits per heavy atom. The summed E-state index contributed by atoms with van der Waals surface area (Å²) in [6.45, 7) is 1.93. The van der Waals surface area contributed by atoms with Crippen molar-refractivity contribution in [3.8, 4) is 17.0 Å². The number of carboxylic acid groups (broad SMARTS) is 1. The number of amides is 1. The van der Waals surface area contributed by atoms with E-state index in [9.17, 15) is 14.7 Å². The highest BCUT2D eigenvalue weighted by Gasteiger charge is 2.28. The summed E-state index contributed by atoms with van der Waals surface area (Å²) in [6.07, 6.45) is 1.74. The minimum Gasteiger partial charge on any atom is -0.489 e. The van der Waals surface area contributed by atoms with Crippen LogP contribution in [0.15, 0.2) is 72.8 Å². The van der Waals surface area contributed by atoms with Crippen LogP contribution in [-0.4, -0.2) is 53.8 Å². The fraction of sp³-hybridized carbons (Fsp3) is 0.290. The van der Waals surface area contributed by atoms with Crippen molar-refractivity contribution in [2.24, 2.45) is 0 Å². The number of fused-ring (bicyclic) bond motifs is 1. The largest absolute Gasteiger partial charge is 0.489 e. The molecule has 0 atom stereocenters. The van der Waals surface area contributed by atoms with Gasteiger partial charge in [0.05, 0.1) is 16.8 Å². The summed E-state index contributed by atoms with van der Waals surface area (Å²) >= 11 is 0. The minimum absolute atomic E-state index is 0.0646. The quantitative estimate of drug-likeness (QED) is 0.334. The standard InChI is InChI=1S/C31H32N2O5/c1-32(2)28(34)19-33-27-18-24(31(35)36)10-13-26(27)29(22-14-16-37-17-15-22)30(33)23-8-11-25(12-9-23)38-20-21-6-4-3-5-7-21/h3-13,18,22H,14-17,19-20H2,1-2H3,(H,35,36). The number of likely N-dealkylation sites (N-methyl/N-ethyl adjacent to an activating group) is 1. The predicted molar refractivity (Wildman–Crippen MR) is 147 cm³/mol. The summed E-state index contributed by atoms with van der Waals surface area (Å²) in [5.41, 5.74) is 5.08. The lowest BCUT2D eigenvalue weighted by Crippen LogP contribution is -2.26. The first-order valence-electron chi connectivity index (χ1n) is 12.9.